The van der Waals surface area contributed by atoms with Gasteiger partial charge in [0.15, 0.2) is 0 Å². The van der Waals surface area contributed by atoms with E-state index in [1.807, 2.05) is 0 Å². The number of rotatable bonds is 13. The molecule has 0 aromatic rings. The molecule has 18 heavy (non-hydrogen) atoms. The van der Waals surface area contributed by atoms with Gasteiger partial charge in [-0.25, -0.2) is 0 Å². The van der Waals surface area contributed by atoms with Crippen LogP contribution in [0.25, 0.3) is 0 Å². The minimum absolute atomic E-state index is 0.116. The van der Waals surface area contributed by atoms with E-state index in [9.17, 15) is 5.11 Å². The number of allylic oxidation sites excluding steroid dienone is 1. The van der Waals surface area contributed by atoms with Gasteiger partial charge in [0.1, 0.15) is 0 Å². The number of hydrogen-bond donors (Lipinski definition) is 1. The minimum atomic E-state index is -0.116. The van der Waals surface area contributed by atoms with E-state index in [2.05, 4.69) is 26.0 Å². The van der Waals surface area contributed by atoms with Crippen molar-refractivity contribution < 1.29 is 5.11 Å². The highest BCUT2D eigenvalue weighted by Gasteiger charge is 1.99. The molecule has 0 aromatic carbocycles. The Morgan fingerprint density at radius 1 is 0.778 bits per heavy atom. The van der Waals surface area contributed by atoms with Crippen molar-refractivity contribution >= 4 is 0 Å². The minimum Gasteiger partial charge on any atom is -0.393 e. The summed E-state index contributed by atoms with van der Waals surface area (Å²) in [5.41, 5.74) is 0. The van der Waals surface area contributed by atoms with Gasteiger partial charge in [-0.1, -0.05) is 77.4 Å². The maximum Gasteiger partial charge on any atom is 0.0574 e. The molecule has 0 aliphatic rings. The first-order valence-electron chi connectivity index (χ1n) is 8.14. The van der Waals surface area contributed by atoms with Crippen LogP contribution < -0.4 is 0 Å². The van der Waals surface area contributed by atoms with Gasteiger partial charge in [0, 0.05) is 0 Å². The summed E-state index contributed by atoms with van der Waals surface area (Å²) in [5.74, 6) is 0. The van der Waals surface area contributed by atoms with Crippen molar-refractivity contribution in [1.82, 2.24) is 0 Å². The molecule has 0 spiro atoms. The fraction of sp³-hybridized carbons (Fsp3) is 0.882. The van der Waals surface area contributed by atoms with Crippen LogP contribution in [0.2, 0.25) is 0 Å². The molecule has 0 aromatic heterocycles. The highest BCUT2D eigenvalue weighted by atomic mass is 16.3. The summed E-state index contributed by atoms with van der Waals surface area (Å²) in [6, 6.07) is 0. The lowest BCUT2D eigenvalue weighted by atomic mass is 10.1. The summed E-state index contributed by atoms with van der Waals surface area (Å²) in [6.45, 7) is 4.43. The van der Waals surface area contributed by atoms with E-state index in [4.69, 9.17) is 0 Å². The quantitative estimate of drug-likeness (QED) is 0.334. The van der Waals surface area contributed by atoms with Crippen LogP contribution in [0.15, 0.2) is 12.2 Å². The molecule has 0 aliphatic heterocycles. The van der Waals surface area contributed by atoms with E-state index in [1.165, 1.54) is 57.8 Å². The van der Waals surface area contributed by atoms with Crippen LogP contribution in [-0.2, 0) is 0 Å². The zero-order valence-electron chi connectivity index (χ0n) is 12.7. The third-order valence-corrected chi connectivity index (χ3v) is 3.44. The van der Waals surface area contributed by atoms with E-state index in [-0.39, 0.29) is 6.10 Å². The predicted octanol–water partition coefficient (Wildman–Crippen LogP) is 5.62. The van der Waals surface area contributed by atoms with E-state index in [1.54, 1.807) is 0 Å². The average molecular weight is 254 g/mol. The molecule has 108 valence electrons. The average Bonchev–Trinajstić information content (AvgIpc) is 2.38. The van der Waals surface area contributed by atoms with E-state index in [0.29, 0.717) is 0 Å². The van der Waals surface area contributed by atoms with Crippen molar-refractivity contribution in [2.24, 2.45) is 0 Å². The third kappa shape index (κ3) is 13.8. The van der Waals surface area contributed by atoms with Crippen molar-refractivity contribution in [2.45, 2.75) is 97.0 Å². The van der Waals surface area contributed by atoms with Crippen LogP contribution in [0.1, 0.15) is 90.9 Å². The first-order chi connectivity index (χ1) is 8.81. The number of aliphatic hydroxyl groups is 1. The molecule has 0 rings (SSSR count). The van der Waals surface area contributed by atoms with Crippen LogP contribution in [0.5, 0.6) is 0 Å². The smallest absolute Gasteiger partial charge is 0.0574 e. The summed E-state index contributed by atoms with van der Waals surface area (Å²) < 4.78 is 0. The molecule has 0 heterocycles. The molecule has 0 bridgehead atoms. The normalized spacial score (nSPS) is 13.3. The fourth-order valence-corrected chi connectivity index (χ4v) is 2.15. The number of hydrogen-bond acceptors (Lipinski definition) is 1. The summed E-state index contributed by atoms with van der Waals surface area (Å²) in [5, 5.41) is 9.65. The lowest BCUT2D eigenvalue weighted by Crippen LogP contribution is -2.03. The van der Waals surface area contributed by atoms with Crippen LogP contribution >= 0.6 is 0 Å². The Hall–Kier alpha value is -0.300. The van der Waals surface area contributed by atoms with Gasteiger partial charge in [-0.05, 0) is 25.7 Å². The summed E-state index contributed by atoms with van der Waals surface area (Å²) >= 11 is 0. The standard InChI is InChI=1S/C17H34O/c1-3-5-7-8-9-10-11-12-13-14-16-17(18)15-6-4-2/h13-14,17-18H,3-12,15-16H2,1-2H3/b14-13+. The van der Waals surface area contributed by atoms with E-state index >= 15 is 0 Å². The Morgan fingerprint density at radius 2 is 1.39 bits per heavy atom. The van der Waals surface area contributed by atoms with E-state index in [0.717, 1.165) is 19.3 Å². The van der Waals surface area contributed by atoms with Crippen LogP contribution in [0, 0.1) is 0 Å². The van der Waals surface area contributed by atoms with Crippen molar-refractivity contribution in [3.05, 3.63) is 12.2 Å². The predicted molar refractivity (Wildman–Crippen MR) is 81.9 cm³/mol. The van der Waals surface area contributed by atoms with Crippen molar-refractivity contribution in [1.29, 1.82) is 0 Å². The maximum absolute atomic E-state index is 9.65. The molecule has 1 nitrogen and oxygen atoms in total. The highest BCUT2D eigenvalue weighted by Crippen LogP contribution is 2.09. The van der Waals surface area contributed by atoms with Crippen LogP contribution in [0.3, 0.4) is 0 Å². The van der Waals surface area contributed by atoms with Gasteiger partial charge in [0.05, 0.1) is 6.10 Å². The van der Waals surface area contributed by atoms with Crippen LogP contribution in [0.4, 0.5) is 0 Å². The Morgan fingerprint density at radius 3 is 2.06 bits per heavy atom. The zero-order valence-corrected chi connectivity index (χ0v) is 12.7. The molecule has 1 atom stereocenters. The molecule has 0 amide bonds. The monoisotopic (exact) mass is 254 g/mol. The zero-order chi connectivity index (χ0) is 13.5. The molecule has 1 unspecified atom stereocenters. The molecule has 1 N–H and O–H groups in total. The lowest BCUT2D eigenvalue weighted by Gasteiger charge is -2.05. The second-order valence-electron chi connectivity index (χ2n) is 5.41. The number of unbranched alkanes of at least 4 members (excludes halogenated alkanes) is 8. The first kappa shape index (κ1) is 17.7. The van der Waals surface area contributed by atoms with Crippen LogP contribution in [-0.4, -0.2) is 11.2 Å². The molecule has 1 heteroatoms. The Bertz CT molecular complexity index is 174. The van der Waals surface area contributed by atoms with Gasteiger partial charge in [-0.3, -0.25) is 0 Å². The molecular weight excluding hydrogens is 220 g/mol. The first-order valence-corrected chi connectivity index (χ1v) is 8.14. The largest absolute Gasteiger partial charge is 0.393 e. The Kier molecular flexibility index (Phi) is 14.5. The summed E-state index contributed by atoms with van der Waals surface area (Å²) in [7, 11) is 0. The molecule has 0 radical (unpaired) electrons. The second-order valence-corrected chi connectivity index (χ2v) is 5.41. The summed E-state index contributed by atoms with van der Waals surface area (Å²) in [4.78, 5) is 0. The van der Waals surface area contributed by atoms with Crippen molar-refractivity contribution in [3.63, 3.8) is 0 Å². The Balaban J connectivity index is 3.17. The highest BCUT2D eigenvalue weighted by molar-refractivity contribution is 4.83. The SMILES string of the molecule is CCCCCCCCC/C=C/CC(O)CCCC. The van der Waals surface area contributed by atoms with E-state index < -0.39 is 0 Å². The lowest BCUT2D eigenvalue weighted by molar-refractivity contribution is 0.164. The van der Waals surface area contributed by atoms with Gasteiger partial charge in [-0.15, -0.1) is 0 Å². The van der Waals surface area contributed by atoms with Crippen molar-refractivity contribution in [3.8, 4) is 0 Å². The molecular formula is C17H34O. The Labute approximate surface area is 115 Å². The van der Waals surface area contributed by atoms with Gasteiger partial charge in [0.25, 0.3) is 0 Å². The van der Waals surface area contributed by atoms with Crippen molar-refractivity contribution in [2.75, 3.05) is 0 Å². The topological polar surface area (TPSA) is 20.2 Å². The third-order valence-electron chi connectivity index (χ3n) is 3.44. The van der Waals surface area contributed by atoms with Gasteiger partial charge in [0.2, 0.25) is 0 Å². The summed E-state index contributed by atoms with van der Waals surface area (Å²) in [6.07, 6.45) is 19.2. The number of aliphatic hydroxyl groups excluding tert-OH is 1. The molecule has 0 saturated carbocycles. The van der Waals surface area contributed by atoms with Gasteiger partial charge >= 0.3 is 0 Å². The maximum atomic E-state index is 9.65. The molecule has 0 fully saturated rings. The second kappa shape index (κ2) is 14.8. The fourth-order valence-electron chi connectivity index (χ4n) is 2.15. The van der Waals surface area contributed by atoms with Gasteiger partial charge in [-0.2, -0.15) is 0 Å². The molecule has 0 saturated heterocycles. The van der Waals surface area contributed by atoms with Gasteiger partial charge < -0.3 is 5.11 Å². The molecule has 0 aliphatic carbocycles.